The summed E-state index contributed by atoms with van der Waals surface area (Å²) in [4.78, 5) is 0. The quantitative estimate of drug-likeness (QED) is 0.785. The Morgan fingerprint density at radius 1 is 1.24 bits per heavy atom. The second-order valence-electron chi connectivity index (χ2n) is 4.77. The molecule has 0 spiro atoms. The van der Waals surface area contributed by atoms with Gasteiger partial charge in [-0.3, -0.25) is 0 Å². The molecule has 0 aromatic heterocycles. The minimum Gasteiger partial charge on any atom is -0.493 e. The molecular formula is C14H21NOS. The summed E-state index contributed by atoms with van der Waals surface area (Å²) in [6.07, 6.45) is 0. The van der Waals surface area contributed by atoms with Crippen molar-refractivity contribution in [3.05, 3.63) is 29.3 Å². The van der Waals surface area contributed by atoms with E-state index in [1.165, 1.54) is 30.0 Å². The lowest BCUT2D eigenvalue weighted by Crippen LogP contribution is -2.43. The molecule has 17 heavy (non-hydrogen) atoms. The minimum absolute atomic E-state index is 0.813. The van der Waals surface area contributed by atoms with Crippen molar-refractivity contribution in [1.29, 1.82) is 0 Å². The molecule has 1 N–H and O–H groups in total. The van der Waals surface area contributed by atoms with Gasteiger partial charge in [0.1, 0.15) is 5.75 Å². The summed E-state index contributed by atoms with van der Waals surface area (Å²) in [5, 5.41) is 3.30. The second-order valence-corrected chi connectivity index (χ2v) is 5.92. The van der Waals surface area contributed by atoms with E-state index in [1.54, 1.807) is 0 Å². The van der Waals surface area contributed by atoms with Gasteiger partial charge in [-0.25, -0.2) is 0 Å². The number of benzene rings is 1. The molecule has 2 rings (SSSR count). The average Bonchev–Trinajstić information content (AvgIpc) is 2.19. The van der Waals surface area contributed by atoms with Crippen LogP contribution in [0.25, 0.3) is 0 Å². The van der Waals surface area contributed by atoms with Crippen LogP contribution in [-0.4, -0.2) is 31.2 Å². The van der Waals surface area contributed by atoms with Crippen LogP contribution in [0.5, 0.6) is 5.75 Å². The predicted molar refractivity (Wildman–Crippen MR) is 75.1 cm³/mol. The van der Waals surface area contributed by atoms with Gasteiger partial charge < -0.3 is 10.1 Å². The predicted octanol–water partition coefficient (Wildman–Crippen LogP) is 2.63. The molecule has 1 heterocycles. The number of aryl methyl sites for hydroxylation is 2. The molecule has 2 nitrogen and oxygen atoms in total. The Bertz CT molecular complexity index is 343. The summed E-state index contributed by atoms with van der Waals surface area (Å²) in [6, 6.07) is 6.38. The zero-order valence-corrected chi connectivity index (χ0v) is 11.5. The number of thioether (sulfide) groups is 1. The van der Waals surface area contributed by atoms with Gasteiger partial charge in [-0.15, -0.1) is 0 Å². The lowest BCUT2D eigenvalue weighted by molar-refractivity contribution is 0.342. The lowest BCUT2D eigenvalue weighted by atomic mass is 10.1. The van der Waals surface area contributed by atoms with Gasteiger partial charge in [0.05, 0.1) is 6.61 Å². The molecule has 1 aliphatic rings. The molecule has 0 saturated carbocycles. The monoisotopic (exact) mass is 251 g/mol. The minimum atomic E-state index is 0.813. The summed E-state index contributed by atoms with van der Waals surface area (Å²) in [7, 11) is 0. The summed E-state index contributed by atoms with van der Waals surface area (Å²) in [5.41, 5.74) is 2.54. The van der Waals surface area contributed by atoms with Crippen molar-refractivity contribution >= 4 is 11.8 Å². The lowest BCUT2D eigenvalue weighted by Gasteiger charge is -2.26. The molecule has 0 aliphatic carbocycles. The van der Waals surface area contributed by atoms with Crippen LogP contribution in [0.15, 0.2) is 18.2 Å². The molecule has 94 valence electrons. The van der Waals surface area contributed by atoms with Crippen LogP contribution in [0.1, 0.15) is 11.1 Å². The van der Waals surface area contributed by atoms with Gasteiger partial charge in [-0.05, 0) is 61.9 Å². The largest absolute Gasteiger partial charge is 0.493 e. The fourth-order valence-electron chi connectivity index (χ4n) is 1.95. The topological polar surface area (TPSA) is 21.3 Å². The van der Waals surface area contributed by atoms with Crippen molar-refractivity contribution in [2.24, 2.45) is 5.92 Å². The first-order chi connectivity index (χ1) is 8.24. The molecule has 0 unspecified atom stereocenters. The Hall–Kier alpha value is -0.670. The van der Waals surface area contributed by atoms with Gasteiger partial charge >= 0.3 is 0 Å². The Morgan fingerprint density at radius 2 is 1.94 bits per heavy atom. The number of rotatable bonds is 6. The van der Waals surface area contributed by atoms with E-state index in [4.69, 9.17) is 4.74 Å². The number of ether oxygens (including phenoxy) is 1. The third-order valence-corrected chi connectivity index (χ3v) is 4.07. The summed E-state index contributed by atoms with van der Waals surface area (Å²) in [5.74, 6) is 4.25. The van der Waals surface area contributed by atoms with E-state index in [9.17, 15) is 0 Å². The molecule has 1 aromatic rings. The molecule has 0 atom stereocenters. The van der Waals surface area contributed by atoms with Gasteiger partial charge in [0.15, 0.2) is 0 Å². The third kappa shape index (κ3) is 4.25. The maximum Gasteiger partial charge on any atom is 0.119 e. The first-order valence-corrected chi connectivity index (χ1v) is 7.39. The van der Waals surface area contributed by atoms with Crippen molar-refractivity contribution in [3.63, 3.8) is 0 Å². The van der Waals surface area contributed by atoms with E-state index in [1.807, 2.05) is 11.8 Å². The molecular weight excluding hydrogens is 230 g/mol. The molecule has 1 aliphatic heterocycles. The smallest absolute Gasteiger partial charge is 0.119 e. The second kappa shape index (κ2) is 6.31. The fraction of sp³-hybridized carbons (Fsp3) is 0.571. The van der Waals surface area contributed by atoms with Crippen LogP contribution in [-0.2, 0) is 0 Å². The Kier molecular flexibility index (Phi) is 4.75. The molecule has 0 bridgehead atoms. The highest BCUT2D eigenvalue weighted by atomic mass is 32.2. The summed E-state index contributed by atoms with van der Waals surface area (Å²) in [6.45, 7) is 7.43. The maximum atomic E-state index is 5.76. The highest BCUT2D eigenvalue weighted by Crippen LogP contribution is 2.17. The van der Waals surface area contributed by atoms with Gasteiger partial charge in [-0.2, -0.15) is 11.8 Å². The van der Waals surface area contributed by atoms with Gasteiger partial charge in [-0.1, -0.05) is 6.07 Å². The van der Waals surface area contributed by atoms with E-state index in [2.05, 4.69) is 37.4 Å². The summed E-state index contributed by atoms with van der Waals surface area (Å²) >= 11 is 2.00. The Balaban J connectivity index is 1.63. The van der Waals surface area contributed by atoms with E-state index >= 15 is 0 Å². The first kappa shape index (κ1) is 12.8. The van der Waals surface area contributed by atoms with Crippen LogP contribution in [0, 0.1) is 19.8 Å². The number of hydrogen-bond acceptors (Lipinski definition) is 3. The average molecular weight is 251 g/mol. The van der Waals surface area contributed by atoms with Gasteiger partial charge in [0.25, 0.3) is 0 Å². The highest BCUT2D eigenvalue weighted by Gasteiger charge is 2.15. The van der Waals surface area contributed by atoms with Crippen molar-refractivity contribution in [1.82, 2.24) is 5.32 Å². The third-order valence-electron chi connectivity index (χ3n) is 2.91. The van der Waals surface area contributed by atoms with Crippen molar-refractivity contribution in [3.8, 4) is 5.75 Å². The summed E-state index contributed by atoms with van der Waals surface area (Å²) < 4.78 is 5.76. The SMILES string of the molecule is Cc1cc(C)cc(OCCSCC2CNC2)c1. The molecule has 1 saturated heterocycles. The number of nitrogens with one attached hydrogen (secondary N) is 1. The first-order valence-electron chi connectivity index (χ1n) is 6.23. The Labute approximate surface area is 108 Å². The molecule has 1 fully saturated rings. The standard InChI is InChI=1S/C14H21NOS/c1-11-5-12(2)7-14(6-11)16-3-4-17-10-13-8-15-9-13/h5-7,13,15H,3-4,8-10H2,1-2H3. The number of hydrogen-bond donors (Lipinski definition) is 1. The van der Waals surface area contributed by atoms with Crippen LogP contribution in [0.4, 0.5) is 0 Å². The normalized spacial score (nSPS) is 15.6. The van der Waals surface area contributed by atoms with Crippen LogP contribution < -0.4 is 10.1 Å². The zero-order chi connectivity index (χ0) is 12.1. The van der Waals surface area contributed by atoms with Crippen LogP contribution in [0.2, 0.25) is 0 Å². The highest BCUT2D eigenvalue weighted by molar-refractivity contribution is 7.99. The van der Waals surface area contributed by atoms with Crippen molar-refractivity contribution in [2.75, 3.05) is 31.2 Å². The zero-order valence-electron chi connectivity index (χ0n) is 10.7. The molecule has 0 amide bonds. The maximum absolute atomic E-state index is 5.76. The van der Waals surface area contributed by atoms with Gasteiger partial charge in [0.2, 0.25) is 0 Å². The van der Waals surface area contributed by atoms with E-state index in [-0.39, 0.29) is 0 Å². The fourth-order valence-corrected chi connectivity index (χ4v) is 2.89. The molecule has 0 radical (unpaired) electrons. The van der Waals surface area contributed by atoms with Crippen molar-refractivity contribution < 1.29 is 4.74 Å². The van der Waals surface area contributed by atoms with E-state index in [0.29, 0.717) is 0 Å². The van der Waals surface area contributed by atoms with E-state index < -0.39 is 0 Å². The van der Waals surface area contributed by atoms with Crippen LogP contribution in [0.3, 0.4) is 0 Å². The molecule has 1 aromatic carbocycles. The van der Waals surface area contributed by atoms with Crippen molar-refractivity contribution in [2.45, 2.75) is 13.8 Å². The van der Waals surface area contributed by atoms with E-state index in [0.717, 1.165) is 24.0 Å². The van der Waals surface area contributed by atoms with Gasteiger partial charge in [0, 0.05) is 5.75 Å². The van der Waals surface area contributed by atoms with Crippen LogP contribution >= 0.6 is 11.8 Å². The molecule has 3 heteroatoms. The Morgan fingerprint density at radius 3 is 2.53 bits per heavy atom.